The van der Waals surface area contributed by atoms with Crippen LogP contribution in [0, 0.1) is 6.92 Å². The lowest BCUT2D eigenvalue weighted by Crippen LogP contribution is -2.32. The molecule has 0 unspecified atom stereocenters. The Hall–Kier alpha value is -2.42. The minimum absolute atomic E-state index is 0. The van der Waals surface area contributed by atoms with Gasteiger partial charge in [0.15, 0.2) is 0 Å². The molecule has 2 N–H and O–H groups in total. The highest BCUT2D eigenvalue weighted by Gasteiger charge is 2.19. The number of hydrogen-bond donors (Lipinski definition) is 2. The van der Waals surface area contributed by atoms with Crippen molar-refractivity contribution in [1.82, 2.24) is 5.32 Å². The maximum absolute atomic E-state index is 13.0. The number of halogens is 2. The lowest BCUT2D eigenvalue weighted by Gasteiger charge is -2.18. The van der Waals surface area contributed by atoms with Crippen molar-refractivity contribution in [1.29, 1.82) is 0 Å². The Morgan fingerprint density at radius 1 is 1.06 bits per heavy atom. The van der Waals surface area contributed by atoms with E-state index in [0.717, 1.165) is 11.1 Å². The second-order valence-electron chi connectivity index (χ2n) is 8.25. The van der Waals surface area contributed by atoms with E-state index in [0.29, 0.717) is 29.3 Å². The number of sulfone groups is 1. The second-order valence-corrected chi connectivity index (χ2v) is 10.6. The highest BCUT2D eigenvalue weighted by atomic mass is 35.5. The highest BCUT2D eigenvalue weighted by Crippen LogP contribution is 2.27. The molecule has 0 aliphatic carbocycles. The fourth-order valence-electron chi connectivity index (χ4n) is 3.57. The average molecular weight is 538 g/mol. The van der Waals surface area contributed by atoms with E-state index in [1.807, 2.05) is 13.0 Å². The summed E-state index contributed by atoms with van der Waals surface area (Å²) in [6, 6.07) is 18.4. The SMILES string of the molecule is CC(=O)Oc1ccc(S(=O)(=O)c2ccc(C[C@@H](C)NC[C@@H](O)c3cccc(Cl)c3)cc2)cc1C.Cl. The standard InChI is InChI=1S/C26H28ClNO5S.ClH/c1-17-13-24(11-12-26(17)33-19(3)29)34(31,32)23-9-7-20(8-10-23)14-18(2)28-16-25(30)21-5-4-6-22(27)15-21;/h4-13,15,18,25,28,30H,14,16H2,1-3H3;1H/t18-,25-;/m1./s1. The van der Waals surface area contributed by atoms with Crippen molar-refractivity contribution in [2.45, 2.75) is 49.1 Å². The molecule has 0 saturated carbocycles. The number of carbonyl (C=O) groups excluding carboxylic acids is 1. The summed E-state index contributed by atoms with van der Waals surface area (Å²) in [5.74, 6) is -0.124. The van der Waals surface area contributed by atoms with Crippen LogP contribution in [0.5, 0.6) is 5.75 Å². The molecule has 0 heterocycles. The van der Waals surface area contributed by atoms with E-state index in [1.54, 1.807) is 49.4 Å². The van der Waals surface area contributed by atoms with Crippen LogP contribution in [0.25, 0.3) is 0 Å². The van der Waals surface area contributed by atoms with Gasteiger partial charge in [-0.15, -0.1) is 12.4 Å². The molecule has 0 aliphatic rings. The van der Waals surface area contributed by atoms with Gasteiger partial charge in [-0.1, -0.05) is 35.9 Å². The molecular weight excluding hydrogens is 509 g/mol. The summed E-state index contributed by atoms with van der Waals surface area (Å²) in [5.41, 5.74) is 2.28. The number of aliphatic hydroxyl groups is 1. The van der Waals surface area contributed by atoms with E-state index >= 15 is 0 Å². The van der Waals surface area contributed by atoms with E-state index in [1.165, 1.54) is 25.1 Å². The van der Waals surface area contributed by atoms with E-state index < -0.39 is 21.9 Å². The Bertz CT molecular complexity index is 1260. The number of esters is 1. The molecule has 0 aromatic heterocycles. The molecule has 6 nitrogen and oxygen atoms in total. The van der Waals surface area contributed by atoms with Gasteiger partial charge in [0.05, 0.1) is 15.9 Å². The predicted molar refractivity (Wildman–Crippen MR) is 139 cm³/mol. The first-order valence-corrected chi connectivity index (χ1v) is 12.7. The summed E-state index contributed by atoms with van der Waals surface area (Å²) in [7, 11) is -3.71. The molecule has 0 fully saturated rings. The van der Waals surface area contributed by atoms with Gasteiger partial charge in [0, 0.05) is 24.5 Å². The van der Waals surface area contributed by atoms with Crippen LogP contribution in [0.4, 0.5) is 0 Å². The number of aliphatic hydroxyl groups excluding tert-OH is 1. The van der Waals surface area contributed by atoms with Crippen LogP contribution in [-0.4, -0.2) is 32.1 Å². The van der Waals surface area contributed by atoms with Crippen LogP contribution in [0.2, 0.25) is 5.02 Å². The van der Waals surface area contributed by atoms with Gasteiger partial charge in [0.2, 0.25) is 9.84 Å². The molecule has 3 rings (SSSR count). The van der Waals surface area contributed by atoms with Crippen LogP contribution in [0.1, 0.15) is 36.6 Å². The zero-order chi connectivity index (χ0) is 24.9. The molecule has 35 heavy (non-hydrogen) atoms. The maximum Gasteiger partial charge on any atom is 0.308 e. The Morgan fingerprint density at radius 3 is 2.31 bits per heavy atom. The molecule has 9 heteroatoms. The number of carbonyl (C=O) groups is 1. The van der Waals surface area contributed by atoms with Crippen molar-refractivity contribution < 1.29 is 23.1 Å². The number of rotatable bonds is 9. The first-order chi connectivity index (χ1) is 16.1. The molecule has 3 aromatic carbocycles. The zero-order valence-electron chi connectivity index (χ0n) is 19.7. The molecule has 2 atom stereocenters. The normalized spacial score (nSPS) is 12.9. The molecule has 0 bridgehead atoms. The summed E-state index contributed by atoms with van der Waals surface area (Å²) in [4.78, 5) is 11.5. The third-order valence-corrected chi connectivity index (χ3v) is 7.38. The van der Waals surface area contributed by atoms with Crippen LogP contribution in [-0.2, 0) is 21.1 Å². The van der Waals surface area contributed by atoms with Crippen molar-refractivity contribution >= 4 is 39.8 Å². The monoisotopic (exact) mass is 537 g/mol. The minimum atomic E-state index is -3.71. The molecule has 188 valence electrons. The average Bonchev–Trinajstić information content (AvgIpc) is 2.79. The lowest BCUT2D eigenvalue weighted by molar-refractivity contribution is -0.131. The van der Waals surface area contributed by atoms with Gasteiger partial charge in [0.1, 0.15) is 5.75 Å². The maximum atomic E-state index is 13.0. The van der Waals surface area contributed by atoms with Gasteiger partial charge in [0.25, 0.3) is 0 Å². The van der Waals surface area contributed by atoms with E-state index in [-0.39, 0.29) is 28.2 Å². The van der Waals surface area contributed by atoms with Gasteiger partial charge >= 0.3 is 5.97 Å². The van der Waals surface area contributed by atoms with Gasteiger partial charge in [-0.2, -0.15) is 0 Å². The van der Waals surface area contributed by atoms with Gasteiger partial charge < -0.3 is 15.2 Å². The molecule has 0 amide bonds. The van der Waals surface area contributed by atoms with Gasteiger partial charge in [-0.05, 0) is 79.4 Å². The second kappa shape index (κ2) is 12.5. The lowest BCUT2D eigenvalue weighted by atomic mass is 10.1. The molecule has 0 aliphatic heterocycles. The number of nitrogens with one attached hydrogen (secondary N) is 1. The zero-order valence-corrected chi connectivity index (χ0v) is 22.1. The highest BCUT2D eigenvalue weighted by molar-refractivity contribution is 7.91. The van der Waals surface area contributed by atoms with Gasteiger partial charge in [-0.25, -0.2) is 8.42 Å². The Kier molecular flexibility index (Phi) is 10.3. The molecular formula is C26H29Cl2NO5S. The van der Waals surface area contributed by atoms with Crippen LogP contribution >= 0.6 is 24.0 Å². The molecule has 0 saturated heterocycles. The number of benzene rings is 3. The predicted octanol–water partition coefficient (Wildman–Crippen LogP) is 5.08. The largest absolute Gasteiger partial charge is 0.426 e. The summed E-state index contributed by atoms with van der Waals surface area (Å²) in [6.45, 7) is 5.36. The summed E-state index contributed by atoms with van der Waals surface area (Å²) in [5, 5.41) is 14.2. The van der Waals surface area contributed by atoms with E-state index in [9.17, 15) is 18.3 Å². The fourth-order valence-corrected chi connectivity index (χ4v) is 5.11. The van der Waals surface area contributed by atoms with Crippen LogP contribution < -0.4 is 10.1 Å². The number of ether oxygens (including phenoxy) is 1. The van der Waals surface area contributed by atoms with E-state index in [4.69, 9.17) is 16.3 Å². The van der Waals surface area contributed by atoms with Crippen molar-refractivity contribution in [3.63, 3.8) is 0 Å². The summed E-state index contributed by atoms with van der Waals surface area (Å²) >= 11 is 5.98. The van der Waals surface area contributed by atoms with Crippen LogP contribution in [0.15, 0.2) is 76.5 Å². The van der Waals surface area contributed by atoms with E-state index in [2.05, 4.69) is 5.32 Å². The number of aryl methyl sites for hydroxylation is 1. The van der Waals surface area contributed by atoms with Crippen molar-refractivity contribution in [3.05, 3.63) is 88.4 Å². The summed E-state index contributed by atoms with van der Waals surface area (Å²) < 4.78 is 31.1. The Labute approximate surface area is 217 Å². The van der Waals surface area contributed by atoms with Crippen molar-refractivity contribution in [2.24, 2.45) is 0 Å². The Balaban J connectivity index is 0.00000432. The minimum Gasteiger partial charge on any atom is -0.426 e. The molecule has 0 spiro atoms. The van der Waals surface area contributed by atoms with Crippen molar-refractivity contribution in [3.8, 4) is 5.75 Å². The number of hydrogen-bond acceptors (Lipinski definition) is 6. The first-order valence-electron chi connectivity index (χ1n) is 10.9. The molecule has 0 radical (unpaired) electrons. The quantitative estimate of drug-likeness (QED) is 0.292. The van der Waals surface area contributed by atoms with Crippen molar-refractivity contribution in [2.75, 3.05) is 6.54 Å². The van der Waals surface area contributed by atoms with Crippen LogP contribution in [0.3, 0.4) is 0 Å². The topological polar surface area (TPSA) is 92.7 Å². The Morgan fingerprint density at radius 2 is 1.71 bits per heavy atom. The third-order valence-electron chi connectivity index (χ3n) is 5.38. The smallest absolute Gasteiger partial charge is 0.308 e. The fraction of sp³-hybridized carbons (Fsp3) is 0.269. The molecule has 3 aromatic rings. The third kappa shape index (κ3) is 7.78. The first kappa shape index (κ1) is 28.8. The van der Waals surface area contributed by atoms with Gasteiger partial charge in [-0.3, -0.25) is 4.79 Å². The summed E-state index contributed by atoms with van der Waals surface area (Å²) in [6.07, 6.45) is -0.0111.